The molecule has 3 aliphatic heterocycles. The van der Waals surface area contributed by atoms with Gasteiger partial charge in [-0.3, -0.25) is 4.79 Å². The van der Waals surface area contributed by atoms with Gasteiger partial charge >= 0.3 is 0 Å². The molecule has 0 aromatic carbocycles. The highest BCUT2D eigenvalue weighted by atomic mass is 16.8. The molecular weight excluding hydrogens is 1410 g/mol. The van der Waals surface area contributed by atoms with Gasteiger partial charge in [-0.25, -0.2) is 0 Å². The molecule has 111 heavy (non-hydrogen) atoms. The molecule has 0 aliphatic carbocycles. The van der Waals surface area contributed by atoms with Crippen molar-refractivity contribution in [3.8, 4) is 0 Å². The molecule has 17 atom stereocenters. The fourth-order valence-corrected chi connectivity index (χ4v) is 15.4. The molecule has 650 valence electrons. The minimum absolute atomic E-state index is 0.234. The van der Waals surface area contributed by atoms with Gasteiger partial charge in [-0.05, 0) is 77.0 Å². The highest BCUT2D eigenvalue weighted by Gasteiger charge is 2.54. The summed E-state index contributed by atoms with van der Waals surface area (Å²) < 4.78 is 34.5. The number of allylic oxidation sites excluding steroid dienone is 9. The Bertz CT molecular complexity index is 2230. The van der Waals surface area contributed by atoms with Crippen LogP contribution in [0.4, 0.5) is 0 Å². The van der Waals surface area contributed by atoms with Gasteiger partial charge in [0, 0.05) is 6.42 Å². The minimum Gasteiger partial charge on any atom is -0.394 e. The van der Waals surface area contributed by atoms with Crippen LogP contribution in [0.3, 0.4) is 0 Å². The lowest BCUT2D eigenvalue weighted by Gasteiger charge is -2.48. The predicted molar refractivity (Wildman–Crippen MR) is 448 cm³/mol. The van der Waals surface area contributed by atoms with E-state index in [2.05, 4.69) is 67.8 Å². The number of amides is 1. The van der Waals surface area contributed by atoms with Crippen LogP contribution in [0.5, 0.6) is 0 Å². The molecule has 3 fully saturated rings. The number of hydrogen-bond acceptors (Lipinski definition) is 18. The van der Waals surface area contributed by atoms with E-state index in [4.69, 9.17) is 28.4 Å². The highest BCUT2D eigenvalue weighted by molar-refractivity contribution is 5.76. The number of hydrogen-bond donors (Lipinski definition) is 12. The zero-order valence-corrected chi connectivity index (χ0v) is 70.2. The van der Waals surface area contributed by atoms with Gasteiger partial charge in [0.2, 0.25) is 5.91 Å². The second kappa shape index (κ2) is 71.6. The van der Waals surface area contributed by atoms with Gasteiger partial charge in [0.05, 0.1) is 38.6 Å². The number of nitrogens with one attached hydrogen (secondary N) is 1. The zero-order valence-electron chi connectivity index (χ0n) is 70.2. The van der Waals surface area contributed by atoms with Crippen molar-refractivity contribution in [2.24, 2.45) is 0 Å². The third kappa shape index (κ3) is 50.1. The molecule has 0 radical (unpaired) electrons. The lowest BCUT2D eigenvalue weighted by atomic mass is 9.96. The topological polar surface area (TPSA) is 307 Å². The Hall–Kier alpha value is -2.51. The van der Waals surface area contributed by atoms with Crippen LogP contribution in [0.15, 0.2) is 60.8 Å². The summed E-state index contributed by atoms with van der Waals surface area (Å²) in [6.45, 7) is 1.76. The first-order valence-corrected chi connectivity index (χ1v) is 46.0. The summed E-state index contributed by atoms with van der Waals surface area (Å²) in [5, 5.41) is 121. The Morgan fingerprint density at radius 2 is 0.604 bits per heavy atom. The summed E-state index contributed by atoms with van der Waals surface area (Å²) in [5.41, 5.74) is 0. The number of rotatable bonds is 75. The molecule has 0 aromatic heterocycles. The largest absolute Gasteiger partial charge is 0.394 e. The SMILES string of the molecule is CCCCCCC/C=C\C/C=C\CCCCCCCCCCCCCCCCCCCCCCCCCC(=O)NC(COC1OC(CO)C(OC2OC(CO)C(OC3OC(CO)C(O)C(O)C3O)C(O)C2O)C(O)C1O)C(O)/C=C/CC/C=C/CC/C=C/CCCCCCCCCCCCCCCCCCCCCCC. The van der Waals surface area contributed by atoms with Gasteiger partial charge < -0.3 is 89.9 Å². The number of aliphatic hydroxyl groups excluding tert-OH is 11. The number of carbonyl (C=O) groups excluding carboxylic acids is 1. The van der Waals surface area contributed by atoms with Crippen LogP contribution in [0.2, 0.25) is 0 Å². The van der Waals surface area contributed by atoms with Gasteiger partial charge in [-0.15, -0.1) is 0 Å². The lowest BCUT2D eigenvalue weighted by Crippen LogP contribution is -2.66. The fraction of sp³-hybridized carbons (Fsp3) is 0.880. The van der Waals surface area contributed by atoms with E-state index >= 15 is 0 Å². The predicted octanol–water partition coefficient (Wildman–Crippen LogP) is 17.7. The van der Waals surface area contributed by atoms with Gasteiger partial charge in [0.25, 0.3) is 0 Å². The highest BCUT2D eigenvalue weighted by Crippen LogP contribution is 2.34. The Balaban J connectivity index is 1.33. The van der Waals surface area contributed by atoms with Crippen molar-refractivity contribution in [3.05, 3.63) is 60.8 Å². The fourth-order valence-electron chi connectivity index (χ4n) is 15.4. The average Bonchev–Trinajstić information content (AvgIpc) is 0.780. The molecule has 19 nitrogen and oxygen atoms in total. The average molecular weight is 1580 g/mol. The standard InChI is InChI=1S/C92H169NO18/c1-3-5-7-9-11-13-15-17-19-21-23-25-27-29-31-33-35-36-37-38-40-42-44-46-48-50-52-54-56-58-60-62-64-66-68-70-80(98)93-75(76(97)69-67-65-63-61-59-57-55-53-51-49-47-45-43-41-39-34-32-30-28-26-24-22-20-18-16-14-12-10-8-6-4-2)74-106-90-86(104)83(101)88(78(72-95)108-90)111-92-87(105)84(102)89(79(73-96)109-92)110-91-85(103)82(100)81(99)77(71-94)107-91/h15,17,21,23,51,53,59,61,67,69,75-79,81-92,94-97,99-105H,3-14,16,18-20,22,24-50,52,54-58,60,62-66,68,70-74H2,1-2H3,(H,93,98)/b17-15-,23-21-,53-51+,61-59+,69-67+. The van der Waals surface area contributed by atoms with E-state index in [-0.39, 0.29) is 18.9 Å². The van der Waals surface area contributed by atoms with E-state index in [9.17, 15) is 61.0 Å². The lowest BCUT2D eigenvalue weighted by molar-refractivity contribution is -0.379. The van der Waals surface area contributed by atoms with Crippen molar-refractivity contribution in [1.82, 2.24) is 5.32 Å². The van der Waals surface area contributed by atoms with Gasteiger partial charge in [-0.1, -0.05) is 364 Å². The van der Waals surface area contributed by atoms with E-state index in [1.54, 1.807) is 6.08 Å². The van der Waals surface area contributed by atoms with Crippen molar-refractivity contribution in [3.63, 3.8) is 0 Å². The van der Waals surface area contributed by atoms with Crippen molar-refractivity contribution < 1.29 is 89.4 Å². The maximum atomic E-state index is 13.5. The van der Waals surface area contributed by atoms with Crippen LogP contribution in [-0.4, -0.2) is 193 Å². The van der Waals surface area contributed by atoms with Crippen LogP contribution in [-0.2, 0) is 33.2 Å². The summed E-state index contributed by atoms with van der Waals surface area (Å²) in [6, 6.07) is -0.999. The molecular formula is C92H169NO18. The molecule has 19 heteroatoms. The van der Waals surface area contributed by atoms with Gasteiger partial charge in [0.1, 0.15) is 73.2 Å². The smallest absolute Gasteiger partial charge is 0.220 e. The number of unbranched alkanes of at least 4 members (excludes halogenated alkanes) is 51. The molecule has 3 rings (SSSR count). The molecule has 0 aromatic rings. The van der Waals surface area contributed by atoms with Gasteiger partial charge in [-0.2, -0.15) is 0 Å². The monoisotopic (exact) mass is 1580 g/mol. The molecule has 3 aliphatic rings. The third-order valence-corrected chi connectivity index (χ3v) is 22.8. The van der Waals surface area contributed by atoms with Crippen LogP contribution in [0.25, 0.3) is 0 Å². The molecule has 1 amide bonds. The maximum absolute atomic E-state index is 13.5. The normalized spacial score (nSPS) is 25.3. The number of carbonyl (C=O) groups is 1. The molecule has 12 N–H and O–H groups in total. The molecule has 17 unspecified atom stereocenters. The van der Waals surface area contributed by atoms with Crippen molar-refractivity contribution in [2.45, 2.75) is 491 Å². The zero-order chi connectivity index (χ0) is 80.3. The Kier molecular flexibility index (Phi) is 66.2. The number of ether oxygens (including phenoxy) is 6. The third-order valence-electron chi connectivity index (χ3n) is 22.8. The summed E-state index contributed by atoms with van der Waals surface area (Å²) in [7, 11) is 0. The van der Waals surface area contributed by atoms with Crippen LogP contribution in [0, 0.1) is 0 Å². The van der Waals surface area contributed by atoms with E-state index in [0.29, 0.717) is 12.8 Å². The van der Waals surface area contributed by atoms with E-state index < -0.39 is 124 Å². The van der Waals surface area contributed by atoms with Crippen LogP contribution in [0.1, 0.15) is 386 Å². The molecule has 3 saturated heterocycles. The summed E-state index contributed by atoms with van der Waals surface area (Å²) in [6.07, 6.45) is 68.2. The van der Waals surface area contributed by atoms with Crippen LogP contribution >= 0.6 is 0 Å². The molecule has 0 saturated carbocycles. The maximum Gasteiger partial charge on any atom is 0.220 e. The van der Waals surface area contributed by atoms with E-state index in [0.717, 1.165) is 51.4 Å². The summed E-state index contributed by atoms with van der Waals surface area (Å²) in [5.74, 6) is -0.283. The van der Waals surface area contributed by atoms with Crippen molar-refractivity contribution in [1.29, 1.82) is 0 Å². The Morgan fingerprint density at radius 3 is 0.955 bits per heavy atom. The second-order valence-corrected chi connectivity index (χ2v) is 32.7. The van der Waals surface area contributed by atoms with E-state index in [1.807, 2.05) is 6.08 Å². The quantitative estimate of drug-likeness (QED) is 0.0199. The van der Waals surface area contributed by atoms with Gasteiger partial charge in [0.15, 0.2) is 18.9 Å². The Morgan fingerprint density at radius 1 is 0.324 bits per heavy atom. The first-order valence-electron chi connectivity index (χ1n) is 46.0. The van der Waals surface area contributed by atoms with Crippen molar-refractivity contribution >= 4 is 5.91 Å². The van der Waals surface area contributed by atoms with Crippen molar-refractivity contribution in [2.75, 3.05) is 26.4 Å². The first kappa shape index (κ1) is 103. The Labute approximate surface area is 675 Å². The minimum atomic E-state index is -1.98. The molecule has 0 bridgehead atoms. The summed E-state index contributed by atoms with van der Waals surface area (Å²) >= 11 is 0. The number of aliphatic hydroxyl groups is 11. The van der Waals surface area contributed by atoms with E-state index in [1.165, 1.54) is 302 Å². The molecule has 3 heterocycles. The molecule has 0 spiro atoms. The summed E-state index contributed by atoms with van der Waals surface area (Å²) in [4.78, 5) is 13.5. The second-order valence-electron chi connectivity index (χ2n) is 32.7. The first-order chi connectivity index (χ1) is 54.3. The van der Waals surface area contributed by atoms with Crippen LogP contribution < -0.4 is 5.32 Å².